The van der Waals surface area contributed by atoms with Crippen LogP contribution in [0.15, 0.2) is 42.5 Å². The van der Waals surface area contributed by atoms with Crippen LogP contribution in [-0.4, -0.2) is 55.8 Å². The molecular weight excluding hydrogens is 415 g/mol. The largest absolute Gasteiger partial charge is 0.341 e. The second-order valence-electron chi connectivity index (χ2n) is 6.72. The van der Waals surface area contributed by atoms with E-state index in [9.17, 15) is 22.4 Å². The van der Waals surface area contributed by atoms with Crippen LogP contribution in [-0.2, 0) is 19.4 Å². The van der Waals surface area contributed by atoms with Crippen LogP contribution in [0.25, 0.3) is 16.5 Å². The molecule has 0 bridgehead atoms. The van der Waals surface area contributed by atoms with E-state index in [4.69, 9.17) is 0 Å². The van der Waals surface area contributed by atoms with E-state index in [0.29, 0.717) is 5.56 Å². The molecule has 0 spiro atoms. The summed E-state index contributed by atoms with van der Waals surface area (Å²) in [4.78, 5) is 27.5. The molecule has 1 saturated heterocycles. The van der Waals surface area contributed by atoms with Crippen LogP contribution in [0.3, 0.4) is 0 Å². The van der Waals surface area contributed by atoms with Gasteiger partial charge in [-0.05, 0) is 31.2 Å². The molecule has 154 valence electrons. The summed E-state index contributed by atoms with van der Waals surface area (Å²) in [5.74, 6) is -1.15. The van der Waals surface area contributed by atoms with Gasteiger partial charge in [0.05, 0.1) is 11.5 Å². The summed E-state index contributed by atoms with van der Waals surface area (Å²) in [7, 11) is -3.07. The summed E-state index contributed by atoms with van der Waals surface area (Å²) in [6, 6.07) is 9.30. The monoisotopic (exact) mass is 436 g/mol. The highest BCUT2D eigenvalue weighted by atomic mass is 32.2. The summed E-state index contributed by atoms with van der Waals surface area (Å²) >= 11 is 1.35. The van der Waals surface area contributed by atoms with Gasteiger partial charge in [0.25, 0.3) is 0 Å². The molecule has 1 aliphatic rings. The smallest absolute Gasteiger partial charge is 0.244 e. The maximum absolute atomic E-state index is 13.9. The number of nitrogens with one attached hydrogen (secondary N) is 1. The van der Waals surface area contributed by atoms with E-state index in [1.807, 2.05) is 0 Å². The first kappa shape index (κ1) is 21.2. The SMILES string of the molecule is CC(NC(=O)/C=C/c1ccc(-c2ccccc2F)s1)C(=O)N1CCS(=O)(=O)CC1. The summed E-state index contributed by atoms with van der Waals surface area (Å²) < 4.78 is 36.8. The van der Waals surface area contributed by atoms with Gasteiger partial charge in [0.15, 0.2) is 9.84 Å². The van der Waals surface area contributed by atoms with Crippen LogP contribution in [0, 0.1) is 5.82 Å². The fourth-order valence-corrected chi connectivity index (χ4v) is 5.07. The van der Waals surface area contributed by atoms with E-state index in [1.54, 1.807) is 43.3 Å². The molecule has 0 radical (unpaired) electrons. The zero-order valence-corrected chi connectivity index (χ0v) is 17.4. The molecule has 2 amide bonds. The Bertz CT molecular complexity index is 1030. The molecule has 0 aliphatic carbocycles. The lowest BCUT2D eigenvalue weighted by atomic mass is 10.2. The van der Waals surface area contributed by atoms with Gasteiger partial charge in [-0.2, -0.15) is 0 Å². The van der Waals surface area contributed by atoms with Crippen molar-refractivity contribution in [3.8, 4) is 10.4 Å². The first-order valence-electron chi connectivity index (χ1n) is 9.08. The number of benzene rings is 1. The van der Waals surface area contributed by atoms with E-state index >= 15 is 0 Å². The van der Waals surface area contributed by atoms with Crippen LogP contribution in [0.4, 0.5) is 4.39 Å². The van der Waals surface area contributed by atoms with Crippen molar-refractivity contribution in [3.63, 3.8) is 0 Å². The molecule has 1 aromatic carbocycles. The predicted molar refractivity (Wildman–Crippen MR) is 112 cm³/mol. The maximum Gasteiger partial charge on any atom is 0.244 e. The minimum absolute atomic E-state index is 0.0535. The Kier molecular flexibility index (Phi) is 6.49. The van der Waals surface area contributed by atoms with E-state index in [-0.39, 0.29) is 36.3 Å². The van der Waals surface area contributed by atoms with Gasteiger partial charge in [0, 0.05) is 34.5 Å². The van der Waals surface area contributed by atoms with E-state index in [1.165, 1.54) is 28.4 Å². The van der Waals surface area contributed by atoms with Gasteiger partial charge < -0.3 is 10.2 Å². The van der Waals surface area contributed by atoms with Gasteiger partial charge in [-0.25, -0.2) is 12.8 Å². The zero-order valence-electron chi connectivity index (χ0n) is 15.8. The summed E-state index contributed by atoms with van der Waals surface area (Å²) in [5, 5.41) is 2.59. The Labute approximate surface area is 173 Å². The van der Waals surface area contributed by atoms with E-state index in [2.05, 4.69) is 5.32 Å². The van der Waals surface area contributed by atoms with Gasteiger partial charge in [0.2, 0.25) is 11.8 Å². The van der Waals surface area contributed by atoms with Gasteiger partial charge >= 0.3 is 0 Å². The Morgan fingerprint density at radius 2 is 1.86 bits per heavy atom. The van der Waals surface area contributed by atoms with Crippen molar-refractivity contribution in [1.82, 2.24) is 10.2 Å². The van der Waals surface area contributed by atoms with Crippen LogP contribution in [0.1, 0.15) is 11.8 Å². The molecule has 1 aromatic heterocycles. The number of amides is 2. The zero-order chi connectivity index (χ0) is 21.0. The lowest BCUT2D eigenvalue weighted by Gasteiger charge is -2.29. The Balaban J connectivity index is 1.56. The summed E-state index contributed by atoms with van der Waals surface area (Å²) in [6.45, 7) is 1.86. The molecule has 1 unspecified atom stereocenters. The molecular formula is C20H21FN2O4S2. The van der Waals surface area contributed by atoms with Crippen LogP contribution < -0.4 is 5.32 Å². The number of hydrogen-bond donors (Lipinski definition) is 1. The number of sulfone groups is 1. The highest BCUT2D eigenvalue weighted by Crippen LogP contribution is 2.30. The lowest BCUT2D eigenvalue weighted by molar-refractivity contribution is -0.134. The lowest BCUT2D eigenvalue weighted by Crippen LogP contribution is -2.51. The molecule has 6 nitrogen and oxygen atoms in total. The Hall–Kier alpha value is -2.52. The topological polar surface area (TPSA) is 83.6 Å². The van der Waals surface area contributed by atoms with E-state index < -0.39 is 21.8 Å². The number of carbonyl (C=O) groups excluding carboxylic acids is 2. The molecule has 2 aromatic rings. The normalized spacial score (nSPS) is 17.2. The highest BCUT2D eigenvalue weighted by molar-refractivity contribution is 7.91. The average Bonchev–Trinajstić information content (AvgIpc) is 3.15. The molecule has 0 saturated carbocycles. The van der Waals surface area contributed by atoms with Gasteiger partial charge in [-0.3, -0.25) is 9.59 Å². The van der Waals surface area contributed by atoms with Crippen molar-refractivity contribution in [1.29, 1.82) is 0 Å². The molecule has 9 heteroatoms. The Morgan fingerprint density at radius 3 is 2.55 bits per heavy atom. The van der Waals surface area contributed by atoms with Gasteiger partial charge in [0.1, 0.15) is 11.9 Å². The quantitative estimate of drug-likeness (QED) is 0.730. The summed E-state index contributed by atoms with van der Waals surface area (Å²) in [5.41, 5.74) is 0.504. The molecule has 2 heterocycles. The number of hydrogen-bond acceptors (Lipinski definition) is 5. The van der Waals surface area contributed by atoms with Crippen molar-refractivity contribution < 1.29 is 22.4 Å². The molecule has 3 rings (SSSR count). The third kappa shape index (κ3) is 5.51. The van der Waals surface area contributed by atoms with Crippen molar-refractivity contribution in [2.24, 2.45) is 0 Å². The third-order valence-electron chi connectivity index (χ3n) is 4.55. The van der Waals surface area contributed by atoms with Gasteiger partial charge in [-0.1, -0.05) is 18.2 Å². The number of carbonyl (C=O) groups is 2. The molecule has 1 atom stereocenters. The number of thiophene rings is 1. The standard InChI is InChI=1S/C20H21FN2O4S2/c1-14(20(25)23-10-12-29(26,27)13-11-23)22-19(24)9-7-15-6-8-18(28-15)16-4-2-3-5-17(16)21/h2-9,14H,10-13H2,1H3,(H,22,24)/b9-7+. The molecule has 29 heavy (non-hydrogen) atoms. The van der Waals surface area contributed by atoms with E-state index in [0.717, 1.165) is 9.75 Å². The fraction of sp³-hybridized carbons (Fsp3) is 0.300. The maximum atomic E-state index is 13.9. The number of rotatable bonds is 5. The first-order valence-corrected chi connectivity index (χ1v) is 11.7. The highest BCUT2D eigenvalue weighted by Gasteiger charge is 2.28. The molecule has 1 N–H and O–H groups in total. The summed E-state index contributed by atoms with van der Waals surface area (Å²) in [6.07, 6.45) is 2.93. The first-order chi connectivity index (χ1) is 13.7. The third-order valence-corrected chi connectivity index (χ3v) is 7.24. The number of nitrogens with zero attached hydrogens (tertiary/aromatic N) is 1. The van der Waals surface area contributed by atoms with Gasteiger partial charge in [-0.15, -0.1) is 11.3 Å². The van der Waals surface area contributed by atoms with Crippen LogP contribution in [0.2, 0.25) is 0 Å². The van der Waals surface area contributed by atoms with Crippen molar-refractivity contribution in [2.75, 3.05) is 24.6 Å². The van der Waals surface area contributed by atoms with Crippen molar-refractivity contribution in [3.05, 3.63) is 53.2 Å². The minimum atomic E-state index is -3.07. The second-order valence-corrected chi connectivity index (χ2v) is 10.1. The van der Waals surface area contributed by atoms with Crippen molar-refractivity contribution in [2.45, 2.75) is 13.0 Å². The molecule has 1 fully saturated rings. The second kappa shape index (κ2) is 8.87. The predicted octanol–water partition coefficient (Wildman–Crippen LogP) is 2.33. The fourth-order valence-electron chi connectivity index (χ4n) is 2.94. The molecule has 1 aliphatic heterocycles. The van der Waals surface area contributed by atoms with Crippen molar-refractivity contribution >= 4 is 39.1 Å². The van der Waals surface area contributed by atoms with Crippen LogP contribution >= 0.6 is 11.3 Å². The average molecular weight is 437 g/mol. The Morgan fingerprint density at radius 1 is 1.17 bits per heavy atom. The minimum Gasteiger partial charge on any atom is -0.341 e. The number of halogens is 1. The van der Waals surface area contributed by atoms with Crippen LogP contribution in [0.5, 0.6) is 0 Å².